The first-order valence-electron chi connectivity index (χ1n) is 9.26. The molecule has 3 rings (SSSR count). The zero-order valence-corrected chi connectivity index (χ0v) is 16.8. The minimum absolute atomic E-state index is 0.100. The van der Waals surface area contributed by atoms with E-state index in [2.05, 4.69) is 0 Å². The van der Waals surface area contributed by atoms with E-state index in [-0.39, 0.29) is 28.8 Å². The second-order valence-corrected chi connectivity index (χ2v) is 7.74. The van der Waals surface area contributed by atoms with Crippen LogP contribution < -0.4 is 4.74 Å². The van der Waals surface area contributed by atoms with Gasteiger partial charge in [0.1, 0.15) is 6.54 Å². The third-order valence-corrected chi connectivity index (χ3v) is 5.73. The largest absolute Gasteiger partial charge is 0.490 e. The molecule has 10 heteroatoms. The maximum absolute atomic E-state index is 12.6. The number of amides is 3. The Morgan fingerprint density at radius 3 is 2.55 bits per heavy atom. The van der Waals surface area contributed by atoms with E-state index in [0.29, 0.717) is 18.7 Å². The summed E-state index contributed by atoms with van der Waals surface area (Å²) in [5, 5.41) is 10.6. The Morgan fingerprint density at radius 1 is 1.24 bits per heavy atom. The number of hydrogen-bond donors (Lipinski definition) is 0. The fraction of sp³-hybridized carbons (Fsp3) is 0.421. The predicted molar refractivity (Wildman–Crippen MR) is 107 cm³/mol. The number of carbonyl (C=O) groups is 3. The SMILES string of the molecule is COc1ccc(C=C2SC(=O)N(CC(=O)N3CCCCCC3)C2=O)cc1[N+](=O)[O-]. The Morgan fingerprint density at radius 2 is 1.93 bits per heavy atom. The molecule has 29 heavy (non-hydrogen) atoms. The zero-order valence-electron chi connectivity index (χ0n) is 16.0. The predicted octanol–water partition coefficient (Wildman–Crippen LogP) is 3.04. The number of nitro benzene ring substituents is 1. The van der Waals surface area contributed by atoms with Gasteiger partial charge in [-0.2, -0.15) is 0 Å². The highest BCUT2D eigenvalue weighted by atomic mass is 32.2. The summed E-state index contributed by atoms with van der Waals surface area (Å²) in [4.78, 5) is 50.8. The summed E-state index contributed by atoms with van der Waals surface area (Å²) in [6, 6.07) is 4.26. The van der Waals surface area contributed by atoms with Crippen molar-refractivity contribution >= 4 is 40.6 Å². The Labute approximate surface area is 171 Å². The van der Waals surface area contributed by atoms with E-state index < -0.39 is 16.1 Å². The van der Waals surface area contributed by atoms with Crippen molar-refractivity contribution in [3.05, 3.63) is 38.8 Å². The minimum Gasteiger partial charge on any atom is -0.490 e. The molecule has 154 valence electrons. The van der Waals surface area contributed by atoms with Gasteiger partial charge in [0.25, 0.3) is 11.1 Å². The summed E-state index contributed by atoms with van der Waals surface area (Å²) >= 11 is 0.720. The van der Waals surface area contributed by atoms with Crippen LogP contribution in [0.3, 0.4) is 0 Å². The first kappa shape index (κ1) is 20.8. The lowest BCUT2D eigenvalue weighted by molar-refractivity contribution is -0.385. The number of imide groups is 1. The maximum Gasteiger partial charge on any atom is 0.311 e. The van der Waals surface area contributed by atoms with E-state index in [9.17, 15) is 24.5 Å². The highest BCUT2D eigenvalue weighted by molar-refractivity contribution is 8.18. The molecule has 0 bridgehead atoms. The fourth-order valence-electron chi connectivity index (χ4n) is 3.28. The molecule has 2 aliphatic heterocycles. The van der Waals surface area contributed by atoms with Crippen LogP contribution in [0.15, 0.2) is 23.1 Å². The lowest BCUT2D eigenvalue weighted by atomic mass is 10.1. The lowest BCUT2D eigenvalue weighted by Crippen LogP contribution is -2.42. The molecule has 0 atom stereocenters. The van der Waals surface area contributed by atoms with Gasteiger partial charge in [-0.25, -0.2) is 0 Å². The summed E-state index contributed by atoms with van der Waals surface area (Å²) in [6.45, 7) is 0.992. The summed E-state index contributed by atoms with van der Waals surface area (Å²) in [7, 11) is 1.33. The van der Waals surface area contributed by atoms with Gasteiger partial charge in [0, 0.05) is 19.2 Å². The molecule has 0 aliphatic carbocycles. The average molecular weight is 419 g/mol. The molecule has 0 saturated carbocycles. The number of methoxy groups -OCH3 is 1. The summed E-state index contributed by atoms with van der Waals surface area (Å²) in [5.74, 6) is -0.708. The number of nitro groups is 1. The number of ether oxygens (including phenoxy) is 1. The van der Waals surface area contributed by atoms with Gasteiger partial charge >= 0.3 is 5.69 Å². The van der Waals surface area contributed by atoms with Crippen molar-refractivity contribution in [1.82, 2.24) is 9.80 Å². The van der Waals surface area contributed by atoms with E-state index in [0.717, 1.165) is 42.3 Å². The number of hydrogen-bond acceptors (Lipinski definition) is 7. The van der Waals surface area contributed by atoms with Crippen LogP contribution in [0.2, 0.25) is 0 Å². The molecule has 0 spiro atoms. The van der Waals surface area contributed by atoms with E-state index in [1.165, 1.54) is 25.3 Å². The Bertz CT molecular complexity index is 877. The summed E-state index contributed by atoms with van der Waals surface area (Å²) in [5.41, 5.74) is 0.152. The van der Waals surface area contributed by atoms with Gasteiger partial charge in [0.2, 0.25) is 5.91 Å². The molecular formula is C19H21N3O6S. The van der Waals surface area contributed by atoms with E-state index in [1.807, 2.05) is 0 Å². The van der Waals surface area contributed by atoms with Crippen LogP contribution in [0.4, 0.5) is 10.5 Å². The first-order valence-corrected chi connectivity index (χ1v) is 10.1. The van der Waals surface area contributed by atoms with Crippen LogP contribution in [0.25, 0.3) is 6.08 Å². The smallest absolute Gasteiger partial charge is 0.311 e. The molecule has 0 radical (unpaired) electrons. The van der Waals surface area contributed by atoms with Crippen LogP contribution in [0.5, 0.6) is 5.75 Å². The Kier molecular flexibility index (Phi) is 6.53. The standard InChI is InChI=1S/C19H21N3O6S/c1-28-15-7-6-13(10-14(15)22(26)27)11-16-18(24)21(19(25)29-16)12-17(23)20-8-4-2-3-5-9-20/h6-7,10-11H,2-5,8-9,12H2,1H3. The van der Waals surface area contributed by atoms with Crippen molar-refractivity contribution in [3.63, 3.8) is 0 Å². The topological polar surface area (TPSA) is 110 Å². The van der Waals surface area contributed by atoms with E-state index in [4.69, 9.17) is 4.74 Å². The number of likely N-dealkylation sites (tertiary alicyclic amines) is 1. The number of benzene rings is 1. The van der Waals surface area contributed by atoms with Gasteiger partial charge in [0.15, 0.2) is 5.75 Å². The van der Waals surface area contributed by atoms with Gasteiger partial charge in [-0.1, -0.05) is 18.9 Å². The van der Waals surface area contributed by atoms with Gasteiger partial charge in [0.05, 0.1) is 16.9 Å². The number of nitrogens with zero attached hydrogens (tertiary/aromatic N) is 3. The van der Waals surface area contributed by atoms with E-state index in [1.54, 1.807) is 11.0 Å². The lowest BCUT2D eigenvalue weighted by Gasteiger charge is -2.22. The van der Waals surface area contributed by atoms with Crippen molar-refractivity contribution in [2.75, 3.05) is 26.7 Å². The molecule has 1 aromatic carbocycles. The molecule has 2 fully saturated rings. The second-order valence-electron chi connectivity index (χ2n) is 6.75. The third kappa shape index (κ3) is 4.76. The van der Waals surface area contributed by atoms with Gasteiger partial charge in [-0.3, -0.25) is 29.4 Å². The molecular weight excluding hydrogens is 398 g/mol. The Hall–Kier alpha value is -2.88. The Balaban J connectivity index is 1.75. The van der Waals surface area contributed by atoms with Gasteiger partial charge in [-0.05, 0) is 42.3 Å². The quantitative estimate of drug-likeness (QED) is 0.410. The van der Waals surface area contributed by atoms with Crippen molar-refractivity contribution in [3.8, 4) is 5.75 Å². The first-order chi connectivity index (χ1) is 13.9. The third-order valence-electron chi connectivity index (χ3n) is 4.82. The van der Waals surface area contributed by atoms with Crippen LogP contribution in [0, 0.1) is 10.1 Å². The molecule has 0 N–H and O–H groups in total. The van der Waals surface area contributed by atoms with Crippen molar-refractivity contribution in [2.24, 2.45) is 0 Å². The summed E-state index contributed by atoms with van der Waals surface area (Å²) < 4.78 is 4.96. The number of thioether (sulfide) groups is 1. The van der Waals surface area contributed by atoms with Crippen LogP contribution >= 0.6 is 11.8 Å². The van der Waals surface area contributed by atoms with Crippen LogP contribution in [-0.4, -0.2) is 58.5 Å². The molecule has 3 amide bonds. The van der Waals surface area contributed by atoms with Gasteiger partial charge in [-0.15, -0.1) is 0 Å². The zero-order chi connectivity index (χ0) is 21.0. The number of rotatable bonds is 5. The van der Waals surface area contributed by atoms with Crippen molar-refractivity contribution in [1.29, 1.82) is 0 Å². The van der Waals surface area contributed by atoms with Crippen LogP contribution in [-0.2, 0) is 9.59 Å². The normalized spacial score (nSPS) is 18.9. The monoisotopic (exact) mass is 419 g/mol. The van der Waals surface area contributed by atoms with Crippen LogP contribution in [0.1, 0.15) is 31.2 Å². The average Bonchev–Trinajstić information content (AvgIpc) is 2.90. The number of carbonyl (C=O) groups excluding carboxylic acids is 3. The van der Waals surface area contributed by atoms with Gasteiger partial charge < -0.3 is 9.64 Å². The molecule has 2 heterocycles. The van der Waals surface area contributed by atoms with E-state index >= 15 is 0 Å². The highest BCUT2D eigenvalue weighted by Gasteiger charge is 2.37. The van der Waals surface area contributed by atoms with Crippen molar-refractivity contribution < 1.29 is 24.0 Å². The molecule has 2 saturated heterocycles. The highest BCUT2D eigenvalue weighted by Crippen LogP contribution is 2.34. The second kappa shape index (κ2) is 9.08. The molecule has 9 nitrogen and oxygen atoms in total. The molecule has 2 aliphatic rings. The van der Waals surface area contributed by atoms with Crippen molar-refractivity contribution in [2.45, 2.75) is 25.7 Å². The molecule has 0 unspecified atom stereocenters. The summed E-state index contributed by atoms with van der Waals surface area (Å²) in [6.07, 6.45) is 5.39. The molecule has 1 aromatic rings. The molecule has 0 aromatic heterocycles. The fourth-order valence-corrected chi connectivity index (χ4v) is 4.12. The maximum atomic E-state index is 12.6. The minimum atomic E-state index is -0.582.